The zero-order valence-electron chi connectivity index (χ0n) is 11.3. The fourth-order valence-corrected chi connectivity index (χ4v) is 1.90. The molecule has 20 heavy (non-hydrogen) atoms. The molecule has 0 fully saturated rings. The van der Waals surface area contributed by atoms with Gasteiger partial charge in [-0.25, -0.2) is 9.18 Å². The van der Waals surface area contributed by atoms with E-state index in [4.69, 9.17) is 4.74 Å². The van der Waals surface area contributed by atoms with E-state index in [1.807, 2.05) is 0 Å². The number of ether oxygens (including phenoxy) is 1. The Balaban J connectivity index is 2.51. The first kappa shape index (κ1) is 14.1. The molecule has 3 nitrogen and oxygen atoms in total. The highest BCUT2D eigenvalue weighted by Gasteiger charge is 2.19. The Labute approximate surface area is 116 Å². The van der Waals surface area contributed by atoms with Gasteiger partial charge >= 0.3 is 5.97 Å². The number of phenols is 1. The summed E-state index contributed by atoms with van der Waals surface area (Å²) in [6.07, 6.45) is -0.289. The predicted octanol–water partition coefficient (Wildman–Crippen LogP) is 3.76. The largest absolute Gasteiger partial charge is 0.507 e. The third-order valence-electron chi connectivity index (χ3n) is 2.74. The molecule has 0 unspecified atom stereocenters. The van der Waals surface area contributed by atoms with Crippen molar-refractivity contribution < 1.29 is 19.0 Å². The monoisotopic (exact) mass is 274 g/mol. The Morgan fingerprint density at radius 3 is 2.40 bits per heavy atom. The Morgan fingerprint density at radius 1 is 1.15 bits per heavy atom. The molecule has 0 atom stereocenters. The molecule has 0 saturated carbocycles. The van der Waals surface area contributed by atoms with Crippen LogP contribution < -0.4 is 0 Å². The maximum Gasteiger partial charge on any atom is 0.342 e. The lowest BCUT2D eigenvalue weighted by Crippen LogP contribution is -2.12. The smallest absolute Gasteiger partial charge is 0.342 e. The van der Waals surface area contributed by atoms with E-state index >= 15 is 0 Å². The van der Waals surface area contributed by atoms with Crippen LogP contribution in [0.25, 0.3) is 11.1 Å². The summed E-state index contributed by atoms with van der Waals surface area (Å²) >= 11 is 0. The number of halogens is 1. The Hall–Kier alpha value is -2.36. The summed E-state index contributed by atoms with van der Waals surface area (Å²) in [5.41, 5.74) is 1.24. The van der Waals surface area contributed by atoms with E-state index in [1.165, 1.54) is 18.2 Å². The van der Waals surface area contributed by atoms with Gasteiger partial charge in [0, 0.05) is 0 Å². The van der Waals surface area contributed by atoms with Crippen LogP contribution in [0.2, 0.25) is 0 Å². The first-order chi connectivity index (χ1) is 9.49. The summed E-state index contributed by atoms with van der Waals surface area (Å²) in [6, 6.07) is 10.4. The number of rotatable bonds is 3. The number of carbonyl (C=O) groups excluding carboxylic acids is 1. The maximum absolute atomic E-state index is 13.0. The van der Waals surface area contributed by atoms with Gasteiger partial charge in [0.15, 0.2) is 0 Å². The standard InChI is InChI=1S/C16H15FO3/c1-10(2)20-16(19)15-13(4-3-5-14(15)18)11-6-8-12(17)9-7-11/h3-10,18H,1-2H3. The Morgan fingerprint density at radius 2 is 1.80 bits per heavy atom. The zero-order chi connectivity index (χ0) is 14.7. The van der Waals surface area contributed by atoms with Gasteiger partial charge in [-0.15, -0.1) is 0 Å². The van der Waals surface area contributed by atoms with E-state index < -0.39 is 5.97 Å². The Kier molecular flexibility index (Phi) is 4.03. The predicted molar refractivity (Wildman–Crippen MR) is 74.1 cm³/mol. The summed E-state index contributed by atoms with van der Waals surface area (Å²) < 4.78 is 18.1. The average molecular weight is 274 g/mol. The van der Waals surface area contributed by atoms with E-state index in [1.54, 1.807) is 38.1 Å². The van der Waals surface area contributed by atoms with Crippen molar-refractivity contribution in [2.75, 3.05) is 0 Å². The summed E-state index contributed by atoms with van der Waals surface area (Å²) in [7, 11) is 0. The minimum absolute atomic E-state index is 0.0906. The van der Waals surface area contributed by atoms with E-state index in [9.17, 15) is 14.3 Å². The van der Waals surface area contributed by atoms with E-state index in [-0.39, 0.29) is 23.2 Å². The quantitative estimate of drug-likeness (QED) is 0.867. The molecule has 0 heterocycles. The van der Waals surface area contributed by atoms with Gasteiger partial charge in [0.25, 0.3) is 0 Å². The number of hydrogen-bond acceptors (Lipinski definition) is 3. The second-order valence-corrected chi connectivity index (χ2v) is 4.66. The van der Waals surface area contributed by atoms with Crippen LogP contribution in [0.5, 0.6) is 5.75 Å². The molecule has 0 aliphatic carbocycles. The number of phenolic OH excluding ortho intramolecular Hbond substituents is 1. The molecule has 104 valence electrons. The van der Waals surface area contributed by atoms with Crippen molar-refractivity contribution in [3.63, 3.8) is 0 Å². The summed E-state index contributed by atoms with van der Waals surface area (Å²) in [5, 5.41) is 9.92. The molecular weight excluding hydrogens is 259 g/mol. The van der Waals surface area contributed by atoms with Gasteiger partial charge in [0.05, 0.1) is 6.10 Å². The van der Waals surface area contributed by atoms with E-state index in [0.717, 1.165) is 0 Å². The second-order valence-electron chi connectivity index (χ2n) is 4.66. The normalized spacial score (nSPS) is 10.6. The molecule has 2 aromatic carbocycles. The summed E-state index contributed by atoms with van der Waals surface area (Å²) in [4.78, 5) is 12.1. The van der Waals surface area contributed by atoms with Crippen LogP contribution in [0.3, 0.4) is 0 Å². The van der Waals surface area contributed by atoms with Gasteiger partial charge in [-0.1, -0.05) is 24.3 Å². The van der Waals surface area contributed by atoms with Gasteiger partial charge in [-0.3, -0.25) is 0 Å². The lowest BCUT2D eigenvalue weighted by Gasteiger charge is -2.13. The van der Waals surface area contributed by atoms with Crippen LogP contribution >= 0.6 is 0 Å². The highest BCUT2D eigenvalue weighted by Crippen LogP contribution is 2.31. The molecule has 0 saturated heterocycles. The zero-order valence-corrected chi connectivity index (χ0v) is 11.3. The SMILES string of the molecule is CC(C)OC(=O)c1c(O)cccc1-c1ccc(F)cc1. The van der Waals surface area contributed by atoms with E-state index in [2.05, 4.69) is 0 Å². The van der Waals surface area contributed by atoms with Crippen LogP contribution in [0.15, 0.2) is 42.5 Å². The number of esters is 1. The number of carbonyl (C=O) groups is 1. The fourth-order valence-electron chi connectivity index (χ4n) is 1.90. The van der Waals surface area contributed by atoms with Crippen molar-refractivity contribution in [1.82, 2.24) is 0 Å². The maximum atomic E-state index is 13.0. The number of hydrogen-bond donors (Lipinski definition) is 1. The molecule has 0 radical (unpaired) electrons. The third-order valence-corrected chi connectivity index (χ3v) is 2.74. The molecule has 0 amide bonds. The second kappa shape index (κ2) is 5.74. The molecule has 0 aliphatic heterocycles. The van der Waals surface area contributed by atoms with Gasteiger partial charge in [-0.05, 0) is 43.2 Å². The highest BCUT2D eigenvalue weighted by atomic mass is 19.1. The number of benzene rings is 2. The average Bonchev–Trinajstić information content (AvgIpc) is 2.38. The molecule has 0 spiro atoms. The first-order valence-electron chi connectivity index (χ1n) is 6.28. The van der Waals surface area contributed by atoms with Crippen molar-refractivity contribution in [1.29, 1.82) is 0 Å². The van der Waals surface area contributed by atoms with Crippen molar-refractivity contribution in [2.24, 2.45) is 0 Å². The fraction of sp³-hybridized carbons (Fsp3) is 0.188. The van der Waals surface area contributed by atoms with Gasteiger partial charge in [-0.2, -0.15) is 0 Å². The summed E-state index contributed by atoms with van der Waals surface area (Å²) in [6.45, 7) is 3.46. The third kappa shape index (κ3) is 2.96. The molecule has 0 bridgehead atoms. The first-order valence-corrected chi connectivity index (χ1v) is 6.28. The van der Waals surface area contributed by atoms with Crippen LogP contribution in [0.4, 0.5) is 4.39 Å². The van der Waals surface area contributed by atoms with Crippen LogP contribution in [-0.2, 0) is 4.74 Å². The minimum Gasteiger partial charge on any atom is -0.507 e. The van der Waals surface area contributed by atoms with E-state index in [0.29, 0.717) is 11.1 Å². The Bertz CT molecular complexity index is 618. The van der Waals surface area contributed by atoms with Crippen LogP contribution in [-0.4, -0.2) is 17.2 Å². The van der Waals surface area contributed by atoms with Gasteiger partial charge < -0.3 is 9.84 Å². The van der Waals surface area contributed by atoms with Gasteiger partial charge in [0.1, 0.15) is 17.1 Å². The van der Waals surface area contributed by atoms with Crippen LogP contribution in [0, 0.1) is 5.82 Å². The molecule has 0 aromatic heterocycles. The lowest BCUT2D eigenvalue weighted by molar-refractivity contribution is 0.0375. The summed E-state index contributed by atoms with van der Waals surface area (Å²) in [5.74, 6) is -1.12. The minimum atomic E-state index is -0.600. The topological polar surface area (TPSA) is 46.5 Å². The van der Waals surface area contributed by atoms with Crippen LogP contribution in [0.1, 0.15) is 24.2 Å². The lowest BCUT2D eigenvalue weighted by atomic mass is 9.99. The molecule has 1 N–H and O–H groups in total. The van der Waals surface area contributed by atoms with Crippen molar-refractivity contribution >= 4 is 5.97 Å². The number of aromatic hydroxyl groups is 1. The van der Waals surface area contributed by atoms with Crippen molar-refractivity contribution in [3.8, 4) is 16.9 Å². The molecule has 2 rings (SSSR count). The van der Waals surface area contributed by atoms with Gasteiger partial charge in [0.2, 0.25) is 0 Å². The molecular formula is C16H15FO3. The molecule has 4 heteroatoms. The van der Waals surface area contributed by atoms with Crippen molar-refractivity contribution in [2.45, 2.75) is 20.0 Å². The molecule has 0 aliphatic rings. The molecule has 2 aromatic rings. The highest BCUT2D eigenvalue weighted by molar-refractivity contribution is 6.00. The van der Waals surface area contributed by atoms with Crippen molar-refractivity contribution in [3.05, 3.63) is 53.8 Å².